The maximum absolute atomic E-state index is 13.7. The van der Waals surface area contributed by atoms with Crippen LogP contribution in [-0.2, 0) is 23.9 Å². The number of nitrogens with zero attached hydrogens (tertiary/aromatic N) is 1. The molecular weight excluding hydrogens is 486 g/mol. The minimum atomic E-state index is -1.22. The number of rotatable bonds is 12. The van der Waals surface area contributed by atoms with Crippen LogP contribution < -0.4 is 10.6 Å². The third-order valence-electron chi connectivity index (χ3n) is 4.81. The summed E-state index contributed by atoms with van der Waals surface area (Å²) in [5, 5.41) is 14.8. The molecule has 0 spiro atoms. The van der Waals surface area contributed by atoms with Gasteiger partial charge in [-0.3, -0.25) is 14.4 Å². The number of aliphatic hydroxyl groups is 1. The van der Waals surface area contributed by atoms with Crippen LogP contribution in [0.5, 0.6) is 0 Å². The molecule has 3 amide bonds. The van der Waals surface area contributed by atoms with Crippen LogP contribution in [0.2, 0.25) is 0 Å². The van der Waals surface area contributed by atoms with Gasteiger partial charge in [-0.05, 0) is 56.9 Å². The number of alkyl carbamates (subject to hydrolysis) is 1. The monoisotopic (exact) mass is 521 g/mol. The van der Waals surface area contributed by atoms with Gasteiger partial charge in [-0.2, -0.15) is 11.8 Å². The van der Waals surface area contributed by atoms with Crippen LogP contribution in [0.15, 0.2) is 24.3 Å². The van der Waals surface area contributed by atoms with Crippen molar-refractivity contribution in [1.82, 2.24) is 15.5 Å². The fourth-order valence-corrected chi connectivity index (χ4v) is 3.65. The predicted molar refractivity (Wildman–Crippen MR) is 137 cm³/mol. The molecule has 3 N–H and O–H groups in total. The van der Waals surface area contributed by atoms with E-state index in [2.05, 4.69) is 21.3 Å². The van der Waals surface area contributed by atoms with E-state index in [-0.39, 0.29) is 13.0 Å². The predicted octanol–water partition coefficient (Wildman–Crippen LogP) is 1.47. The van der Waals surface area contributed by atoms with Gasteiger partial charge in [-0.15, -0.1) is 6.42 Å². The Morgan fingerprint density at radius 1 is 1.19 bits per heavy atom. The maximum atomic E-state index is 13.7. The molecule has 0 aliphatic heterocycles. The lowest BCUT2D eigenvalue weighted by Crippen LogP contribution is -2.54. The fraction of sp³-hybridized carbons (Fsp3) is 0.520. The third kappa shape index (κ3) is 10.2. The summed E-state index contributed by atoms with van der Waals surface area (Å²) in [5.74, 6) is 1.08. The third-order valence-corrected chi connectivity index (χ3v) is 5.46. The van der Waals surface area contributed by atoms with E-state index in [1.807, 2.05) is 6.26 Å². The number of hydrogen-bond acceptors (Lipinski definition) is 8. The zero-order chi connectivity index (χ0) is 27.3. The summed E-state index contributed by atoms with van der Waals surface area (Å²) in [6, 6.07) is 4.16. The Labute approximate surface area is 216 Å². The number of methoxy groups -OCH3 is 1. The molecule has 0 aromatic heterocycles. The van der Waals surface area contributed by atoms with E-state index in [1.54, 1.807) is 45.0 Å². The summed E-state index contributed by atoms with van der Waals surface area (Å²) in [5.41, 5.74) is 0.188. The number of benzene rings is 1. The Hall–Kier alpha value is -3.23. The van der Waals surface area contributed by atoms with E-state index in [0.717, 1.165) is 0 Å². The van der Waals surface area contributed by atoms with Crippen molar-refractivity contribution in [3.05, 3.63) is 35.4 Å². The SMILES string of the molecule is C#Cc1ccc(C(C(=O)NCC(=O)OC)N(CCO)C(=O)C(CCSC)NC(=O)OC(C)(C)C)cc1. The molecule has 0 saturated carbocycles. The Bertz CT molecular complexity index is 938. The summed E-state index contributed by atoms with van der Waals surface area (Å²) in [6.07, 6.45) is 6.77. The standard InChI is InChI=1S/C25H35N3O7S/c1-7-17-8-10-18(11-9-17)21(22(31)26-16-20(30)34-5)28(13-14-29)23(32)19(12-15-36-6)27-24(33)35-25(2,3)4/h1,8-11,19,21,29H,12-16H2,2-6H3,(H,26,31)(H,27,33). The van der Waals surface area contributed by atoms with Gasteiger partial charge >= 0.3 is 12.1 Å². The van der Waals surface area contributed by atoms with Crippen molar-refractivity contribution >= 4 is 35.6 Å². The van der Waals surface area contributed by atoms with Crippen molar-refractivity contribution in [3.63, 3.8) is 0 Å². The molecule has 0 aliphatic carbocycles. The van der Waals surface area contributed by atoms with Crippen LogP contribution in [0, 0.1) is 12.3 Å². The maximum Gasteiger partial charge on any atom is 0.408 e. The Kier molecular flexibility index (Phi) is 12.8. The number of esters is 1. The van der Waals surface area contributed by atoms with E-state index in [4.69, 9.17) is 11.2 Å². The number of nitrogens with one attached hydrogen (secondary N) is 2. The number of aliphatic hydroxyl groups excluding tert-OH is 1. The molecule has 1 aromatic carbocycles. The summed E-state index contributed by atoms with van der Waals surface area (Å²) >= 11 is 1.48. The highest BCUT2D eigenvalue weighted by atomic mass is 32.2. The van der Waals surface area contributed by atoms with E-state index in [0.29, 0.717) is 16.9 Å². The summed E-state index contributed by atoms with van der Waals surface area (Å²) in [7, 11) is 1.19. The van der Waals surface area contributed by atoms with Gasteiger partial charge in [-0.25, -0.2) is 4.79 Å². The van der Waals surface area contributed by atoms with Gasteiger partial charge in [-0.1, -0.05) is 18.1 Å². The van der Waals surface area contributed by atoms with E-state index < -0.39 is 54.7 Å². The first kappa shape index (κ1) is 30.8. The van der Waals surface area contributed by atoms with Gasteiger partial charge in [0.15, 0.2) is 0 Å². The van der Waals surface area contributed by atoms with Gasteiger partial charge in [0, 0.05) is 12.1 Å². The molecule has 0 fully saturated rings. The minimum absolute atomic E-state index is 0.211. The lowest BCUT2D eigenvalue weighted by atomic mass is 10.0. The van der Waals surface area contributed by atoms with Gasteiger partial charge < -0.3 is 30.1 Å². The molecule has 2 unspecified atom stereocenters. The normalized spacial score (nSPS) is 12.5. The number of hydrogen-bond donors (Lipinski definition) is 3. The van der Waals surface area contributed by atoms with Crippen molar-refractivity contribution in [1.29, 1.82) is 0 Å². The number of amides is 3. The molecule has 11 heteroatoms. The number of ether oxygens (including phenoxy) is 2. The van der Waals surface area contributed by atoms with Crippen LogP contribution in [0.1, 0.15) is 44.4 Å². The summed E-state index contributed by atoms with van der Waals surface area (Å²) in [4.78, 5) is 52.2. The average molecular weight is 522 g/mol. The highest BCUT2D eigenvalue weighted by molar-refractivity contribution is 7.98. The molecule has 10 nitrogen and oxygen atoms in total. The molecule has 0 saturated heterocycles. The minimum Gasteiger partial charge on any atom is -0.468 e. The Morgan fingerprint density at radius 2 is 1.83 bits per heavy atom. The zero-order valence-corrected chi connectivity index (χ0v) is 22.1. The first-order valence-electron chi connectivity index (χ1n) is 11.3. The van der Waals surface area contributed by atoms with Crippen LogP contribution in [0.25, 0.3) is 0 Å². The average Bonchev–Trinajstić information content (AvgIpc) is 2.83. The highest BCUT2D eigenvalue weighted by Gasteiger charge is 2.36. The molecule has 0 radical (unpaired) electrons. The van der Waals surface area contributed by atoms with E-state index >= 15 is 0 Å². The molecule has 0 heterocycles. The lowest BCUT2D eigenvalue weighted by Gasteiger charge is -2.34. The van der Waals surface area contributed by atoms with E-state index in [9.17, 15) is 24.3 Å². The Morgan fingerprint density at radius 3 is 2.33 bits per heavy atom. The molecule has 36 heavy (non-hydrogen) atoms. The second-order valence-corrected chi connectivity index (χ2v) is 9.68. The lowest BCUT2D eigenvalue weighted by molar-refractivity contribution is -0.145. The molecule has 0 aliphatic rings. The first-order chi connectivity index (χ1) is 17.0. The van der Waals surface area contributed by atoms with Crippen molar-refractivity contribution in [2.24, 2.45) is 0 Å². The van der Waals surface area contributed by atoms with Crippen LogP contribution in [0.3, 0.4) is 0 Å². The van der Waals surface area contributed by atoms with Gasteiger partial charge in [0.25, 0.3) is 0 Å². The smallest absolute Gasteiger partial charge is 0.408 e. The van der Waals surface area contributed by atoms with Crippen LogP contribution in [0.4, 0.5) is 4.79 Å². The number of thioether (sulfide) groups is 1. The van der Waals surface area contributed by atoms with Gasteiger partial charge in [0.2, 0.25) is 11.8 Å². The van der Waals surface area contributed by atoms with Crippen molar-refractivity contribution in [2.75, 3.05) is 38.8 Å². The van der Waals surface area contributed by atoms with Crippen molar-refractivity contribution < 1.29 is 33.8 Å². The van der Waals surface area contributed by atoms with Crippen molar-refractivity contribution in [2.45, 2.75) is 44.9 Å². The number of carbonyl (C=O) groups excluding carboxylic acids is 4. The molecule has 2 atom stereocenters. The van der Waals surface area contributed by atoms with Gasteiger partial charge in [0.1, 0.15) is 24.2 Å². The molecule has 1 aromatic rings. The van der Waals surface area contributed by atoms with E-state index in [1.165, 1.54) is 23.8 Å². The quantitative estimate of drug-likeness (QED) is 0.278. The van der Waals surface area contributed by atoms with Crippen LogP contribution in [-0.4, -0.2) is 84.3 Å². The Balaban J connectivity index is 3.40. The fourth-order valence-electron chi connectivity index (χ4n) is 3.18. The summed E-state index contributed by atoms with van der Waals surface area (Å²) < 4.78 is 9.88. The molecular formula is C25H35N3O7S. The highest BCUT2D eigenvalue weighted by Crippen LogP contribution is 2.24. The molecule has 198 valence electrons. The largest absolute Gasteiger partial charge is 0.468 e. The topological polar surface area (TPSA) is 134 Å². The van der Waals surface area contributed by atoms with Gasteiger partial charge in [0.05, 0.1) is 13.7 Å². The number of terminal acetylenes is 1. The van der Waals surface area contributed by atoms with Crippen molar-refractivity contribution in [3.8, 4) is 12.3 Å². The molecule has 1 rings (SSSR count). The summed E-state index contributed by atoms with van der Waals surface area (Å²) in [6.45, 7) is 4.02. The second kappa shape index (κ2) is 15.0. The van der Waals surface area contributed by atoms with Crippen LogP contribution >= 0.6 is 11.8 Å². The number of carbonyl (C=O) groups is 4. The second-order valence-electron chi connectivity index (χ2n) is 8.70. The zero-order valence-electron chi connectivity index (χ0n) is 21.3. The molecule has 0 bridgehead atoms. The first-order valence-corrected chi connectivity index (χ1v) is 12.7.